The number of hydrogen-bond donors (Lipinski definition) is 1. The molecule has 1 saturated heterocycles. The molecule has 8 nitrogen and oxygen atoms in total. The first-order valence-corrected chi connectivity index (χ1v) is 10.9. The zero-order valence-corrected chi connectivity index (χ0v) is 19.7. The maximum Gasteiger partial charge on any atom is 0.302 e. The van der Waals surface area contributed by atoms with Crippen LogP contribution < -0.4 is 18.9 Å². The Morgan fingerprint density at radius 1 is 1.03 bits per heavy atom. The summed E-state index contributed by atoms with van der Waals surface area (Å²) in [5, 5.41) is 11.3. The number of esters is 1. The van der Waals surface area contributed by atoms with Gasteiger partial charge in [-0.15, -0.1) is 0 Å². The van der Waals surface area contributed by atoms with Gasteiger partial charge in [0.2, 0.25) is 0 Å². The number of carbonyl (C=O) groups excluding carboxylic acids is 1. The second kappa shape index (κ2) is 11.2. The lowest BCUT2D eigenvalue weighted by Gasteiger charge is -2.27. The van der Waals surface area contributed by atoms with E-state index in [9.17, 15) is 9.90 Å². The number of aliphatic hydroxyl groups is 1. The molecule has 0 bridgehead atoms. The number of benzene rings is 2. The lowest BCUT2D eigenvalue weighted by molar-refractivity contribution is -0.143. The van der Waals surface area contributed by atoms with Crippen LogP contribution in [0.4, 0.5) is 0 Å². The maximum absolute atomic E-state index is 11.6. The van der Waals surface area contributed by atoms with Crippen LogP contribution >= 0.6 is 0 Å². The van der Waals surface area contributed by atoms with Gasteiger partial charge in [-0.2, -0.15) is 0 Å². The fraction of sp³-hybridized carbons (Fsp3) is 0.480. The Kier molecular flexibility index (Phi) is 8.41. The highest BCUT2D eigenvalue weighted by molar-refractivity contribution is 5.65. The molecule has 1 aliphatic heterocycles. The Balaban J connectivity index is 1.91. The third kappa shape index (κ3) is 5.51. The molecule has 0 aliphatic carbocycles. The van der Waals surface area contributed by atoms with Crippen LogP contribution in [0, 0.1) is 11.8 Å². The molecule has 0 spiro atoms. The predicted molar refractivity (Wildman–Crippen MR) is 121 cm³/mol. The molecule has 0 amide bonds. The van der Waals surface area contributed by atoms with E-state index in [1.54, 1.807) is 39.5 Å². The molecule has 3 rings (SSSR count). The van der Waals surface area contributed by atoms with Gasteiger partial charge >= 0.3 is 5.97 Å². The third-order valence-electron chi connectivity index (χ3n) is 5.86. The summed E-state index contributed by atoms with van der Waals surface area (Å²) in [5.41, 5.74) is 1.52. The molecule has 4 atom stereocenters. The number of carbonyl (C=O) groups is 1. The molecule has 0 saturated carbocycles. The summed E-state index contributed by atoms with van der Waals surface area (Å²) >= 11 is 0. The van der Waals surface area contributed by atoms with Crippen molar-refractivity contribution in [2.75, 3.05) is 41.2 Å². The Morgan fingerprint density at radius 3 is 2.33 bits per heavy atom. The molecule has 1 fully saturated rings. The SMILES string of the molecule is CCOc1ccc([C@@H]2OC[C@H]([C@H](O)c3ccc(OC)c(OC)c3)[C@H]2COC(C)=O)cc1OC. The number of methoxy groups -OCH3 is 3. The van der Waals surface area contributed by atoms with Crippen molar-refractivity contribution in [3.8, 4) is 23.0 Å². The minimum atomic E-state index is -0.861. The van der Waals surface area contributed by atoms with Gasteiger partial charge in [0.15, 0.2) is 23.0 Å². The number of aliphatic hydroxyl groups excluding tert-OH is 1. The molecule has 0 radical (unpaired) electrons. The van der Waals surface area contributed by atoms with Crippen molar-refractivity contribution in [1.82, 2.24) is 0 Å². The number of ether oxygens (including phenoxy) is 6. The zero-order chi connectivity index (χ0) is 24.0. The largest absolute Gasteiger partial charge is 0.493 e. The molecule has 0 aromatic heterocycles. The van der Waals surface area contributed by atoms with E-state index in [2.05, 4.69) is 0 Å². The molecule has 1 heterocycles. The maximum atomic E-state index is 11.6. The van der Waals surface area contributed by atoms with Gasteiger partial charge in [0.25, 0.3) is 0 Å². The molecule has 8 heteroatoms. The van der Waals surface area contributed by atoms with Crippen molar-refractivity contribution >= 4 is 5.97 Å². The first kappa shape index (κ1) is 24.7. The predicted octanol–water partition coefficient (Wildman–Crippen LogP) is 3.71. The van der Waals surface area contributed by atoms with Crippen LogP contribution in [0.2, 0.25) is 0 Å². The summed E-state index contributed by atoms with van der Waals surface area (Å²) in [6, 6.07) is 10.9. The van der Waals surface area contributed by atoms with E-state index >= 15 is 0 Å². The van der Waals surface area contributed by atoms with Gasteiger partial charge < -0.3 is 33.5 Å². The standard InChI is InChI=1S/C25H32O8/c1-6-31-21-10-8-17(12-23(21)30-5)25-19(14-32-15(2)26)18(13-33-25)24(27)16-7-9-20(28-3)22(11-16)29-4/h7-12,18-19,24-25,27H,6,13-14H2,1-5H3/t18-,19+,24+,25-/m0/s1. The summed E-state index contributed by atoms with van der Waals surface area (Å²) in [4.78, 5) is 11.6. The van der Waals surface area contributed by atoms with Crippen molar-refractivity contribution in [3.63, 3.8) is 0 Å². The molecule has 1 aliphatic rings. The van der Waals surface area contributed by atoms with Gasteiger partial charge in [0.05, 0.1) is 53.4 Å². The summed E-state index contributed by atoms with van der Waals surface area (Å²) in [7, 11) is 4.69. The first-order chi connectivity index (χ1) is 15.9. The number of hydrogen-bond acceptors (Lipinski definition) is 8. The van der Waals surface area contributed by atoms with Crippen LogP contribution in [-0.4, -0.2) is 52.2 Å². The zero-order valence-electron chi connectivity index (χ0n) is 19.7. The quantitative estimate of drug-likeness (QED) is 0.537. The van der Waals surface area contributed by atoms with Gasteiger partial charge in [-0.3, -0.25) is 4.79 Å². The van der Waals surface area contributed by atoms with E-state index in [0.717, 1.165) is 5.56 Å². The fourth-order valence-corrected chi connectivity index (χ4v) is 4.20. The highest BCUT2D eigenvalue weighted by Gasteiger charge is 2.43. The molecular formula is C25H32O8. The molecule has 2 aromatic carbocycles. The average Bonchev–Trinajstić information content (AvgIpc) is 3.26. The first-order valence-electron chi connectivity index (χ1n) is 10.9. The van der Waals surface area contributed by atoms with E-state index in [1.807, 2.05) is 25.1 Å². The Bertz CT molecular complexity index is 944. The number of rotatable bonds is 10. The van der Waals surface area contributed by atoms with Crippen molar-refractivity contribution < 1.29 is 38.3 Å². The van der Waals surface area contributed by atoms with Crippen LogP contribution in [-0.2, 0) is 14.3 Å². The fourth-order valence-electron chi connectivity index (χ4n) is 4.20. The van der Waals surface area contributed by atoms with E-state index in [0.29, 0.717) is 41.8 Å². The molecule has 180 valence electrons. The van der Waals surface area contributed by atoms with Crippen LogP contribution in [0.15, 0.2) is 36.4 Å². The van der Waals surface area contributed by atoms with Gasteiger partial charge in [-0.1, -0.05) is 12.1 Å². The minimum absolute atomic E-state index is 0.116. The molecule has 0 unspecified atom stereocenters. The second-order valence-corrected chi connectivity index (χ2v) is 7.79. The highest BCUT2D eigenvalue weighted by atomic mass is 16.5. The van der Waals surface area contributed by atoms with Gasteiger partial charge in [-0.25, -0.2) is 0 Å². The van der Waals surface area contributed by atoms with Crippen molar-refractivity contribution in [2.45, 2.75) is 26.1 Å². The van der Waals surface area contributed by atoms with Crippen LogP contribution in [0.25, 0.3) is 0 Å². The molecule has 1 N–H and O–H groups in total. The summed E-state index contributed by atoms with van der Waals surface area (Å²) in [6.45, 7) is 4.20. The van der Waals surface area contributed by atoms with Crippen LogP contribution in [0.3, 0.4) is 0 Å². The normalized spacial score (nSPS) is 20.7. The smallest absolute Gasteiger partial charge is 0.302 e. The van der Waals surface area contributed by atoms with E-state index < -0.39 is 12.2 Å². The highest BCUT2D eigenvalue weighted by Crippen LogP contribution is 2.46. The van der Waals surface area contributed by atoms with E-state index in [4.69, 9.17) is 28.4 Å². The monoisotopic (exact) mass is 460 g/mol. The van der Waals surface area contributed by atoms with E-state index in [1.165, 1.54) is 6.92 Å². The molecular weight excluding hydrogens is 428 g/mol. The van der Waals surface area contributed by atoms with Gasteiger partial charge in [0.1, 0.15) is 0 Å². The Labute approximate surface area is 194 Å². The topological polar surface area (TPSA) is 92.7 Å². The summed E-state index contributed by atoms with van der Waals surface area (Å²) in [6.07, 6.45) is -1.26. The molecule has 33 heavy (non-hydrogen) atoms. The van der Waals surface area contributed by atoms with Crippen LogP contribution in [0.5, 0.6) is 23.0 Å². The van der Waals surface area contributed by atoms with E-state index in [-0.39, 0.29) is 24.4 Å². The second-order valence-electron chi connectivity index (χ2n) is 7.79. The Morgan fingerprint density at radius 2 is 1.70 bits per heavy atom. The van der Waals surface area contributed by atoms with Crippen LogP contribution in [0.1, 0.15) is 37.2 Å². The summed E-state index contributed by atoms with van der Waals surface area (Å²) in [5.74, 6) is 1.35. The van der Waals surface area contributed by atoms with Crippen molar-refractivity contribution in [3.05, 3.63) is 47.5 Å². The van der Waals surface area contributed by atoms with Gasteiger partial charge in [0, 0.05) is 18.8 Å². The summed E-state index contributed by atoms with van der Waals surface area (Å²) < 4.78 is 33.3. The lowest BCUT2D eigenvalue weighted by Crippen LogP contribution is -2.27. The van der Waals surface area contributed by atoms with Crippen molar-refractivity contribution in [1.29, 1.82) is 0 Å². The van der Waals surface area contributed by atoms with Crippen molar-refractivity contribution in [2.24, 2.45) is 11.8 Å². The average molecular weight is 461 g/mol. The third-order valence-corrected chi connectivity index (χ3v) is 5.86. The lowest BCUT2D eigenvalue weighted by atomic mass is 9.82. The van der Waals surface area contributed by atoms with Gasteiger partial charge in [-0.05, 0) is 42.3 Å². The molecule has 2 aromatic rings. The Hall–Kier alpha value is -2.97. The minimum Gasteiger partial charge on any atom is -0.493 e.